The molecule has 0 aromatic rings. The third-order valence-corrected chi connectivity index (χ3v) is 5.67. The first-order chi connectivity index (χ1) is 17.3. The van der Waals surface area contributed by atoms with E-state index in [2.05, 4.69) is 6.92 Å². The van der Waals surface area contributed by atoms with E-state index in [0.717, 1.165) is 12.8 Å². The van der Waals surface area contributed by atoms with Crippen LogP contribution < -0.4 is 0 Å². The predicted molar refractivity (Wildman–Crippen MR) is 141 cm³/mol. The van der Waals surface area contributed by atoms with E-state index >= 15 is 0 Å². The highest BCUT2D eigenvalue weighted by atomic mass is 16.6. The first-order valence-corrected chi connectivity index (χ1v) is 14.4. The molecule has 0 aliphatic rings. The molecule has 7 nitrogen and oxygen atoms in total. The molecule has 0 aromatic carbocycles. The molecule has 0 N–H and O–H groups in total. The monoisotopic (exact) mass is 504 g/mol. The third kappa shape index (κ3) is 31.2. The fourth-order valence-corrected chi connectivity index (χ4v) is 3.60. The van der Waals surface area contributed by atoms with Crippen LogP contribution in [0.1, 0.15) is 104 Å². The second-order valence-electron chi connectivity index (χ2n) is 8.86. The van der Waals surface area contributed by atoms with Crippen LogP contribution in [0.3, 0.4) is 0 Å². The van der Waals surface area contributed by atoms with Crippen LogP contribution >= 0.6 is 0 Å². The van der Waals surface area contributed by atoms with Gasteiger partial charge in [-0.1, -0.05) is 84.0 Å². The van der Waals surface area contributed by atoms with Crippen LogP contribution in [-0.2, 0) is 33.2 Å². The molecule has 0 amide bonds. The number of hydrogen-bond donors (Lipinski definition) is 0. The van der Waals surface area contributed by atoms with Gasteiger partial charge in [0, 0.05) is 13.0 Å². The molecule has 0 aliphatic carbocycles. The molecule has 0 radical (unpaired) electrons. The van der Waals surface area contributed by atoms with Crippen molar-refractivity contribution >= 4 is 5.97 Å². The van der Waals surface area contributed by atoms with E-state index in [0.29, 0.717) is 79.1 Å². The molecule has 0 bridgehead atoms. The summed E-state index contributed by atoms with van der Waals surface area (Å²) in [5.41, 5.74) is 0. The van der Waals surface area contributed by atoms with Gasteiger partial charge in [-0.25, -0.2) is 0 Å². The second-order valence-corrected chi connectivity index (χ2v) is 8.86. The number of hydrogen-bond acceptors (Lipinski definition) is 7. The predicted octanol–water partition coefficient (Wildman–Crippen LogP) is 6.11. The van der Waals surface area contributed by atoms with Crippen molar-refractivity contribution in [1.29, 1.82) is 0 Å². The summed E-state index contributed by atoms with van der Waals surface area (Å²) in [6.07, 6.45) is 17.5. The van der Waals surface area contributed by atoms with Crippen LogP contribution in [0.25, 0.3) is 0 Å². The minimum Gasteiger partial charge on any atom is -0.463 e. The maximum Gasteiger partial charge on any atom is 0.305 e. The molecular weight excluding hydrogens is 448 g/mol. The van der Waals surface area contributed by atoms with Gasteiger partial charge in [0.05, 0.1) is 59.5 Å². The second kappa shape index (κ2) is 31.3. The summed E-state index contributed by atoms with van der Waals surface area (Å²) in [4.78, 5) is 11.8. The smallest absolute Gasteiger partial charge is 0.305 e. The maximum atomic E-state index is 11.8. The Morgan fingerprint density at radius 1 is 0.429 bits per heavy atom. The Kier molecular flexibility index (Phi) is 30.6. The lowest BCUT2D eigenvalue weighted by Gasteiger charge is -2.08. The molecule has 0 aromatic heterocycles. The lowest BCUT2D eigenvalue weighted by atomic mass is 10.0. The van der Waals surface area contributed by atoms with Crippen LogP contribution in [-0.4, -0.2) is 78.6 Å². The molecule has 0 saturated carbocycles. The van der Waals surface area contributed by atoms with E-state index in [1.165, 1.54) is 70.6 Å². The van der Waals surface area contributed by atoms with E-state index in [1.54, 1.807) is 0 Å². The van der Waals surface area contributed by atoms with Crippen LogP contribution in [0.2, 0.25) is 0 Å². The van der Waals surface area contributed by atoms with Crippen molar-refractivity contribution in [1.82, 2.24) is 0 Å². The van der Waals surface area contributed by atoms with Crippen molar-refractivity contribution in [2.24, 2.45) is 0 Å². The normalized spacial score (nSPS) is 11.3. The molecule has 0 fully saturated rings. The summed E-state index contributed by atoms with van der Waals surface area (Å²) in [6.45, 7) is 10.0. The van der Waals surface area contributed by atoms with Gasteiger partial charge in [-0.2, -0.15) is 0 Å². The average molecular weight is 505 g/mol. The number of ether oxygens (including phenoxy) is 6. The number of esters is 1. The Labute approximate surface area is 215 Å². The number of unbranched alkanes of at least 4 members (excludes halogenated alkanes) is 12. The first-order valence-electron chi connectivity index (χ1n) is 14.4. The highest BCUT2D eigenvalue weighted by molar-refractivity contribution is 5.69. The fourth-order valence-electron chi connectivity index (χ4n) is 3.60. The van der Waals surface area contributed by atoms with Crippen LogP contribution in [0.5, 0.6) is 0 Å². The fraction of sp³-hybridized carbons (Fsp3) is 0.964. The SMILES string of the molecule is CCCCCCCCCCCCCCCC(=O)OCCOCCOCCOCCOCCOCC. The summed E-state index contributed by atoms with van der Waals surface area (Å²) in [5.74, 6) is -0.119. The van der Waals surface area contributed by atoms with E-state index < -0.39 is 0 Å². The van der Waals surface area contributed by atoms with Gasteiger partial charge in [-0.15, -0.1) is 0 Å². The number of rotatable bonds is 30. The van der Waals surface area contributed by atoms with Crippen molar-refractivity contribution in [2.75, 3.05) is 72.7 Å². The van der Waals surface area contributed by atoms with Gasteiger partial charge in [0.1, 0.15) is 6.61 Å². The standard InChI is InChI=1S/C28H56O7/c1-3-5-6-7-8-9-10-11-12-13-14-15-16-17-28(29)35-27-26-34-25-24-33-23-22-32-21-20-31-19-18-30-4-2/h3-27H2,1-2H3. The summed E-state index contributed by atoms with van der Waals surface area (Å²) in [5, 5.41) is 0. The highest BCUT2D eigenvalue weighted by Gasteiger charge is 2.02. The quantitative estimate of drug-likeness (QED) is 0.0862. The minimum atomic E-state index is -0.119. The molecular formula is C28H56O7. The topological polar surface area (TPSA) is 72.5 Å². The van der Waals surface area contributed by atoms with Gasteiger partial charge in [0.25, 0.3) is 0 Å². The van der Waals surface area contributed by atoms with Crippen molar-refractivity contribution in [2.45, 2.75) is 104 Å². The molecule has 35 heavy (non-hydrogen) atoms. The summed E-state index contributed by atoms with van der Waals surface area (Å²) >= 11 is 0. The van der Waals surface area contributed by atoms with E-state index in [1.807, 2.05) is 6.92 Å². The Balaban J connectivity index is 3.14. The van der Waals surface area contributed by atoms with Crippen LogP contribution in [0, 0.1) is 0 Å². The van der Waals surface area contributed by atoms with Gasteiger partial charge >= 0.3 is 5.97 Å². The Morgan fingerprint density at radius 3 is 1.17 bits per heavy atom. The maximum absolute atomic E-state index is 11.8. The van der Waals surface area contributed by atoms with Gasteiger partial charge < -0.3 is 28.4 Å². The zero-order chi connectivity index (χ0) is 25.5. The molecule has 0 heterocycles. The molecule has 210 valence electrons. The summed E-state index contributed by atoms with van der Waals surface area (Å²) in [7, 11) is 0. The summed E-state index contributed by atoms with van der Waals surface area (Å²) in [6, 6.07) is 0. The van der Waals surface area contributed by atoms with Gasteiger partial charge in [-0.05, 0) is 13.3 Å². The lowest BCUT2D eigenvalue weighted by Crippen LogP contribution is -2.15. The summed E-state index contributed by atoms with van der Waals surface area (Å²) < 4.78 is 32.0. The van der Waals surface area contributed by atoms with Gasteiger partial charge in [-0.3, -0.25) is 4.79 Å². The molecule has 0 atom stereocenters. The van der Waals surface area contributed by atoms with E-state index in [9.17, 15) is 4.79 Å². The highest BCUT2D eigenvalue weighted by Crippen LogP contribution is 2.13. The Hall–Kier alpha value is -0.730. The zero-order valence-electron chi connectivity index (χ0n) is 23.0. The van der Waals surface area contributed by atoms with Crippen molar-refractivity contribution in [3.8, 4) is 0 Å². The Bertz CT molecular complexity index is 407. The van der Waals surface area contributed by atoms with E-state index in [4.69, 9.17) is 28.4 Å². The van der Waals surface area contributed by atoms with Crippen LogP contribution in [0.15, 0.2) is 0 Å². The molecule has 0 aliphatic heterocycles. The average Bonchev–Trinajstić information content (AvgIpc) is 2.86. The largest absolute Gasteiger partial charge is 0.463 e. The van der Waals surface area contributed by atoms with Crippen LogP contribution in [0.4, 0.5) is 0 Å². The number of carbonyl (C=O) groups is 1. The van der Waals surface area contributed by atoms with Crippen molar-refractivity contribution in [3.05, 3.63) is 0 Å². The van der Waals surface area contributed by atoms with Crippen molar-refractivity contribution in [3.63, 3.8) is 0 Å². The molecule has 0 saturated heterocycles. The Morgan fingerprint density at radius 2 is 0.771 bits per heavy atom. The molecule has 0 spiro atoms. The first kappa shape index (κ1) is 34.3. The third-order valence-electron chi connectivity index (χ3n) is 5.67. The van der Waals surface area contributed by atoms with E-state index in [-0.39, 0.29) is 5.97 Å². The van der Waals surface area contributed by atoms with Gasteiger partial charge in [0.15, 0.2) is 0 Å². The van der Waals surface area contributed by atoms with Gasteiger partial charge in [0.2, 0.25) is 0 Å². The van der Waals surface area contributed by atoms with Crippen molar-refractivity contribution < 1.29 is 33.2 Å². The lowest BCUT2D eigenvalue weighted by molar-refractivity contribution is -0.145. The molecule has 0 rings (SSSR count). The number of carbonyl (C=O) groups excluding carboxylic acids is 1. The zero-order valence-corrected chi connectivity index (χ0v) is 23.0. The molecule has 0 unspecified atom stereocenters. The molecule has 7 heteroatoms. The minimum absolute atomic E-state index is 0.119.